The highest BCUT2D eigenvalue weighted by Gasteiger charge is 2.36. The SMILES string of the molecule is Cn1cc(C(=O)NC2(c3cccc(F)c3)CCOCC2)ccc1=O. The van der Waals surface area contributed by atoms with Crippen LogP contribution in [0.4, 0.5) is 4.39 Å². The average Bonchev–Trinajstić information content (AvgIpc) is 2.58. The van der Waals surface area contributed by atoms with Gasteiger partial charge in [-0.1, -0.05) is 12.1 Å². The second-order valence-corrected chi connectivity index (χ2v) is 6.03. The highest BCUT2D eigenvalue weighted by atomic mass is 19.1. The Kier molecular flexibility index (Phi) is 4.49. The molecule has 1 aromatic heterocycles. The molecule has 1 aliphatic rings. The number of pyridine rings is 1. The minimum atomic E-state index is -0.674. The van der Waals surface area contributed by atoms with E-state index in [9.17, 15) is 14.0 Å². The fourth-order valence-electron chi connectivity index (χ4n) is 3.01. The number of ether oxygens (including phenoxy) is 1. The van der Waals surface area contributed by atoms with Gasteiger partial charge in [0.05, 0.1) is 11.1 Å². The van der Waals surface area contributed by atoms with Gasteiger partial charge in [0, 0.05) is 32.5 Å². The van der Waals surface area contributed by atoms with Crippen molar-refractivity contribution in [3.05, 3.63) is 69.9 Å². The van der Waals surface area contributed by atoms with E-state index in [1.165, 1.54) is 35.0 Å². The standard InChI is InChI=1S/C18H19FN2O3/c1-21-12-13(5-6-16(21)22)17(23)20-18(7-9-24-10-8-18)14-3-2-4-15(19)11-14/h2-6,11-12H,7-10H2,1H3,(H,20,23). The number of benzene rings is 1. The van der Waals surface area contributed by atoms with E-state index in [-0.39, 0.29) is 17.3 Å². The van der Waals surface area contributed by atoms with Crippen LogP contribution in [0.1, 0.15) is 28.8 Å². The summed E-state index contributed by atoms with van der Waals surface area (Å²) in [6, 6.07) is 9.14. The van der Waals surface area contributed by atoms with Crippen molar-refractivity contribution in [1.82, 2.24) is 9.88 Å². The Balaban J connectivity index is 1.93. The molecule has 0 bridgehead atoms. The molecule has 5 nitrogen and oxygen atoms in total. The topological polar surface area (TPSA) is 60.3 Å². The van der Waals surface area contributed by atoms with Gasteiger partial charge in [-0.05, 0) is 36.6 Å². The maximum absolute atomic E-state index is 13.7. The van der Waals surface area contributed by atoms with Gasteiger partial charge in [-0.3, -0.25) is 9.59 Å². The van der Waals surface area contributed by atoms with E-state index in [0.717, 1.165) is 5.56 Å². The Morgan fingerprint density at radius 2 is 2.00 bits per heavy atom. The molecule has 2 aromatic rings. The van der Waals surface area contributed by atoms with Crippen LogP contribution in [-0.2, 0) is 17.3 Å². The van der Waals surface area contributed by atoms with Crippen LogP contribution >= 0.6 is 0 Å². The van der Waals surface area contributed by atoms with Gasteiger partial charge in [0.1, 0.15) is 5.82 Å². The maximum Gasteiger partial charge on any atom is 0.253 e. The maximum atomic E-state index is 13.7. The first-order chi connectivity index (χ1) is 11.5. The predicted octanol–water partition coefficient (Wildman–Crippen LogP) is 1.96. The molecule has 0 aliphatic carbocycles. The van der Waals surface area contributed by atoms with Crippen LogP contribution in [0.5, 0.6) is 0 Å². The zero-order valence-corrected chi connectivity index (χ0v) is 13.4. The van der Waals surface area contributed by atoms with Gasteiger partial charge >= 0.3 is 0 Å². The molecule has 0 unspecified atom stereocenters. The van der Waals surface area contributed by atoms with E-state index in [1.54, 1.807) is 13.1 Å². The number of rotatable bonds is 3. The van der Waals surface area contributed by atoms with Gasteiger partial charge in [-0.2, -0.15) is 0 Å². The molecule has 24 heavy (non-hydrogen) atoms. The highest BCUT2D eigenvalue weighted by molar-refractivity contribution is 5.94. The number of nitrogens with zero attached hydrogens (tertiary/aromatic N) is 1. The molecule has 0 saturated carbocycles. The smallest absolute Gasteiger partial charge is 0.253 e. The van der Waals surface area contributed by atoms with Gasteiger partial charge < -0.3 is 14.6 Å². The molecule has 2 heterocycles. The molecular formula is C18H19FN2O3. The lowest BCUT2D eigenvalue weighted by atomic mass is 9.82. The van der Waals surface area contributed by atoms with E-state index < -0.39 is 5.54 Å². The summed E-state index contributed by atoms with van der Waals surface area (Å²) < 4.78 is 20.4. The molecule has 1 fully saturated rings. The second kappa shape index (κ2) is 6.57. The molecule has 0 atom stereocenters. The molecule has 126 valence electrons. The Morgan fingerprint density at radius 3 is 2.67 bits per heavy atom. The molecule has 1 amide bonds. The van der Waals surface area contributed by atoms with Gasteiger partial charge in [0.25, 0.3) is 5.91 Å². The lowest BCUT2D eigenvalue weighted by Gasteiger charge is -2.38. The highest BCUT2D eigenvalue weighted by Crippen LogP contribution is 2.32. The number of nitrogens with one attached hydrogen (secondary N) is 1. The first-order valence-electron chi connectivity index (χ1n) is 7.83. The normalized spacial score (nSPS) is 16.6. The van der Waals surface area contributed by atoms with Crippen molar-refractivity contribution in [2.75, 3.05) is 13.2 Å². The summed E-state index contributed by atoms with van der Waals surface area (Å²) in [5, 5.41) is 3.04. The van der Waals surface area contributed by atoms with Crippen molar-refractivity contribution in [3.63, 3.8) is 0 Å². The minimum Gasteiger partial charge on any atom is -0.381 e. The zero-order valence-electron chi connectivity index (χ0n) is 13.4. The number of hydrogen-bond donors (Lipinski definition) is 1. The van der Waals surface area contributed by atoms with Crippen LogP contribution in [0.3, 0.4) is 0 Å². The number of aryl methyl sites for hydroxylation is 1. The number of carbonyl (C=O) groups excluding carboxylic acids is 1. The number of carbonyl (C=O) groups is 1. The average molecular weight is 330 g/mol. The van der Waals surface area contributed by atoms with E-state index in [0.29, 0.717) is 31.6 Å². The molecule has 1 aromatic carbocycles. The Morgan fingerprint density at radius 1 is 1.25 bits per heavy atom. The Bertz CT molecular complexity index is 810. The largest absolute Gasteiger partial charge is 0.381 e. The number of halogens is 1. The molecular weight excluding hydrogens is 311 g/mol. The zero-order chi connectivity index (χ0) is 17.2. The van der Waals surface area contributed by atoms with Gasteiger partial charge in [0.2, 0.25) is 5.56 Å². The van der Waals surface area contributed by atoms with E-state index in [2.05, 4.69) is 5.32 Å². The van der Waals surface area contributed by atoms with Gasteiger partial charge in [-0.15, -0.1) is 0 Å². The van der Waals surface area contributed by atoms with Crippen LogP contribution < -0.4 is 10.9 Å². The molecule has 1 N–H and O–H groups in total. The summed E-state index contributed by atoms with van der Waals surface area (Å²) in [7, 11) is 1.59. The number of aromatic nitrogens is 1. The summed E-state index contributed by atoms with van der Waals surface area (Å²) in [5.74, 6) is -0.633. The van der Waals surface area contributed by atoms with Crippen LogP contribution in [0.2, 0.25) is 0 Å². The molecule has 1 saturated heterocycles. The van der Waals surface area contributed by atoms with Crippen molar-refractivity contribution in [1.29, 1.82) is 0 Å². The minimum absolute atomic E-state index is 0.183. The van der Waals surface area contributed by atoms with E-state index >= 15 is 0 Å². The summed E-state index contributed by atoms with van der Waals surface area (Å²) in [4.78, 5) is 24.2. The summed E-state index contributed by atoms with van der Waals surface area (Å²) in [6.07, 6.45) is 2.62. The fraction of sp³-hybridized carbons (Fsp3) is 0.333. The van der Waals surface area contributed by atoms with E-state index in [1.807, 2.05) is 6.07 Å². The number of amides is 1. The molecule has 3 rings (SSSR count). The van der Waals surface area contributed by atoms with Crippen molar-refractivity contribution in [2.24, 2.45) is 7.05 Å². The van der Waals surface area contributed by atoms with Crippen molar-refractivity contribution in [3.8, 4) is 0 Å². The van der Waals surface area contributed by atoms with Gasteiger partial charge in [-0.25, -0.2) is 4.39 Å². The van der Waals surface area contributed by atoms with Crippen molar-refractivity contribution >= 4 is 5.91 Å². The summed E-state index contributed by atoms with van der Waals surface area (Å²) >= 11 is 0. The van der Waals surface area contributed by atoms with Gasteiger partial charge in [0.15, 0.2) is 0 Å². The Labute approximate surface area is 139 Å². The molecule has 0 spiro atoms. The monoisotopic (exact) mass is 330 g/mol. The lowest BCUT2D eigenvalue weighted by molar-refractivity contribution is 0.0344. The third-order valence-electron chi connectivity index (χ3n) is 4.42. The van der Waals surface area contributed by atoms with Crippen LogP contribution in [0, 0.1) is 5.82 Å². The number of hydrogen-bond acceptors (Lipinski definition) is 3. The Hall–Kier alpha value is -2.47. The molecule has 6 heteroatoms. The molecule has 1 aliphatic heterocycles. The first-order valence-corrected chi connectivity index (χ1v) is 7.83. The van der Waals surface area contributed by atoms with E-state index in [4.69, 9.17) is 4.74 Å². The summed E-state index contributed by atoms with van der Waals surface area (Å²) in [6.45, 7) is 0.980. The first kappa shape index (κ1) is 16.4. The van der Waals surface area contributed by atoms with Crippen LogP contribution in [-0.4, -0.2) is 23.7 Å². The van der Waals surface area contributed by atoms with Crippen LogP contribution in [0.15, 0.2) is 47.4 Å². The summed E-state index contributed by atoms with van der Waals surface area (Å²) in [5.41, 5.74) is 0.257. The fourth-order valence-corrected chi connectivity index (χ4v) is 3.01. The third-order valence-corrected chi connectivity index (χ3v) is 4.42. The molecule has 0 radical (unpaired) electrons. The quantitative estimate of drug-likeness (QED) is 0.936. The lowest BCUT2D eigenvalue weighted by Crippen LogP contribution is -2.49. The van der Waals surface area contributed by atoms with Crippen molar-refractivity contribution < 1.29 is 13.9 Å². The third kappa shape index (κ3) is 3.23. The van der Waals surface area contributed by atoms with Crippen LogP contribution in [0.25, 0.3) is 0 Å². The predicted molar refractivity (Wildman–Crippen MR) is 87.3 cm³/mol. The second-order valence-electron chi connectivity index (χ2n) is 6.03. The van der Waals surface area contributed by atoms with Crippen molar-refractivity contribution in [2.45, 2.75) is 18.4 Å².